The Morgan fingerprint density at radius 1 is 1.17 bits per heavy atom. The van der Waals surface area contributed by atoms with E-state index in [-0.39, 0.29) is 6.01 Å². The number of hydrogen-bond donors (Lipinski definition) is 0. The Balaban J connectivity index is 1.34. The maximum Gasteiger partial charge on any atom is 0.316 e. The fraction of sp³-hybridized carbons (Fsp3) is 0.370. The van der Waals surface area contributed by atoms with Crippen molar-refractivity contribution in [1.82, 2.24) is 29.7 Å². The van der Waals surface area contributed by atoms with Crippen LogP contribution in [0.5, 0.6) is 6.01 Å². The zero-order valence-electron chi connectivity index (χ0n) is 20.8. The first-order valence-corrected chi connectivity index (χ1v) is 12.9. The van der Waals surface area contributed by atoms with Crippen molar-refractivity contribution in [2.75, 3.05) is 45.9 Å². The van der Waals surface area contributed by atoms with E-state index in [0.717, 1.165) is 60.8 Å². The molecule has 0 amide bonds. The molecule has 0 bridgehead atoms. The summed E-state index contributed by atoms with van der Waals surface area (Å²) in [5, 5.41) is 10.5. The Hall–Kier alpha value is -3.45. The molecule has 8 nitrogen and oxygen atoms in total. The summed E-state index contributed by atoms with van der Waals surface area (Å²) >= 11 is 1.40. The van der Waals surface area contributed by atoms with Gasteiger partial charge < -0.3 is 9.64 Å². The van der Waals surface area contributed by atoms with Crippen LogP contribution in [0.4, 0.5) is 0 Å². The normalized spacial score (nSPS) is 16.3. The standard InChI is InChI=1S/C27H31N7OS/c1-4-21(9-8-20(3)18-34-15-13-33(5-2)14-16-34)19-35-27-30-12-10-23(32-27)22(17-28)25-31-24-7-6-11-29-26(24)36-25/h4,6-12,22H,3,5,13-16,18-19H2,1-2H3. The molecule has 0 aromatic carbocycles. The fourth-order valence-electron chi connectivity index (χ4n) is 3.95. The highest BCUT2D eigenvalue weighted by atomic mass is 32.1. The lowest BCUT2D eigenvalue weighted by Gasteiger charge is -2.34. The summed E-state index contributed by atoms with van der Waals surface area (Å²) in [4.78, 5) is 23.3. The predicted octanol–water partition coefficient (Wildman–Crippen LogP) is 4.21. The Morgan fingerprint density at radius 2 is 1.97 bits per heavy atom. The van der Waals surface area contributed by atoms with Crippen molar-refractivity contribution in [3.8, 4) is 12.1 Å². The zero-order valence-corrected chi connectivity index (χ0v) is 21.6. The highest BCUT2D eigenvalue weighted by Crippen LogP contribution is 2.30. The van der Waals surface area contributed by atoms with Gasteiger partial charge >= 0.3 is 6.01 Å². The summed E-state index contributed by atoms with van der Waals surface area (Å²) in [5.41, 5.74) is 3.39. The van der Waals surface area contributed by atoms with Gasteiger partial charge in [0, 0.05) is 45.1 Å². The molecule has 3 aromatic heterocycles. The van der Waals surface area contributed by atoms with Crippen molar-refractivity contribution < 1.29 is 4.74 Å². The number of aromatic nitrogens is 4. The molecule has 3 aromatic rings. The minimum absolute atomic E-state index is 0.229. The first-order chi connectivity index (χ1) is 17.6. The number of rotatable bonds is 10. The van der Waals surface area contributed by atoms with E-state index in [1.54, 1.807) is 18.5 Å². The molecule has 0 aliphatic carbocycles. The van der Waals surface area contributed by atoms with E-state index in [2.05, 4.69) is 55.4 Å². The maximum absolute atomic E-state index is 9.83. The number of pyridine rings is 1. The molecule has 1 aliphatic heterocycles. The minimum atomic E-state index is -0.613. The molecular weight excluding hydrogens is 470 g/mol. The van der Waals surface area contributed by atoms with Gasteiger partial charge in [0.25, 0.3) is 0 Å². The second-order valence-electron chi connectivity index (χ2n) is 8.56. The van der Waals surface area contributed by atoms with Crippen LogP contribution in [0.25, 0.3) is 10.3 Å². The molecule has 0 spiro atoms. The van der Waals surface area contributed by atoms with E-state index in [0.29, 0.717) is 17.3 Å². The molecule has 0 N–H and O–H groups in total. The molecule has 9 heteroatoms. The van der Waals surface area contributed by atoms with E-state index in [9.17, 15) is 5.26 Å². The fourth-order valence-corrected chi connectivity index (χ4v) is 4.91. The molecule has 1 atom stereocenters. The maximum atomic E-state index is 9.83. The van der Waals surface area contributed by atoms with E-state index >= 15 is 0 Å². The topological polar surface area (TPSA) is 91.1 Å². The summed E-state index contributed by atoms with van der Waals surface area (Å²) in [6.45, 7) is 15.1. The van der Waals surface area contributed by atoms with E-state index in [1.165, 1.54) is 11.3 Å². The third-order valence-electron chi connectivity index (χ3n) is 6.12. The number of thiazole rings is 1. The van der Waals surface area contributed by atoms with Gasteiger partial charge in [-0.3, -0.25) is 4.90 Å². The van der Waals surface area contributed by atoms with Gasteiger partial charge in [-0.25, -0.2) is 15.0 Å². The van der Waals surface area contributed by atoms with Gasteiger partial charge in [-0.15, -0.1) is 0 Å². The molecule has 0 radical (unpaired) electrons. The molecule has 36 heavy (non-hydrogen) atoms. The van der Waals surface area contributed by atoms with Crippen LogP contribution < -0.4 is 4.74 Å². The van der Waals surface area contributed by atoms with Crippen LogP contribution in [0.3, 0.4) is 0 Å². The SMILES string of the molecule is C=C(C=CC(=CC)COc1nccc(C(C#N)c2nc3cccnc3s2)n1)CN1CCN(CC)CC1. The minimum Gasteiger partial charge on any atom is -0.459 e. The van der Waals surface area contributed by atoms with Crippen molar-refractivity contribution >= 4 is 21.7 Å². The Kier molecular flexibility index (Phi) is 8.90. The van der Waals surface area contributed by atoms with Crippen LogP contribution in [0, 0.1) is 11.3 Å². The van der Waals surface area contributed by atoms with Gasteiger partial charge in [-0.05, 0) is 42.8 Å². The Morgan fingerprint density at radius 3 is 2.69 bits per heavy atom. The first-order valence-electron chi connectivity index (χ1n) is 12.1. The molecule has 186 valence electrons. The van der Waals surface area contributed by atoms with Gasteiger partial charge in [0.1, 0.15) is 27.9 Å². The summed E-state index contributed by atoms with van der Waals surface area (Å²) in [7, 11) is 0. The Labute approximate surface area is 216 Å². The zero-order chi connectivity index (χ0) is 25.3. The van der Waals surface area contributed by atoms with Crippen LogP contribution in [0.15, 0.2) is 66.5 Å². The van der Waals surface area contributed by atoms with Gasteiger partial charge in [-0.2, -0.15) is 10.2 Å². The monoisotopic (exact) mass is 501 g/mol. The first kappa shape index (κ1) is 25.6. The average molecular weight is 502 g/mol. The molecule has 1 fully saturated rings. The highest BCUT2D eigenvalue weighted by molar-refractivity contribution is 7.18. The van der Waals surface area contributed by atoms with Crippen LogP contribution in [-0.2, 0) is 0 Å². The van der Waals surface area contributed by atoms with Crippen LogP contribution in [-0.4, -0.2) is 75.6 Å². The molecule has 1 unspecified atom stereocenters. The molecule has 4 heterocycles. The average Bonchev–Trinajstić information content (AvgIpc) is 3.34. The quantitative estimate of drug-likeness (QED) is 0.382. The number of likely N-dealkylation sites (N-methyl/N-ethyl adjacent to an activating group) is 1. The highest BCUT2D eigenvalue weighted by Gasteiger charge is 2.21. The molecular formula is C27H31N7OS. The van der Waals surface area contributed by atoms with Gasteiger partial charge in [0.2, 0.25) is 0 Å². The van der Waals surface area contributed by atoms with Crippen molar-refractivity contribution in [1.29, 1.82) is 5.26 Å². The van der Waals surface area contributed by atoms with Crippen LogP contribution >= 0.6 is 11.3 Å². The molecule has 4 rings (SSSR count). The number of nitrogens with zero attached hydrogens (tertiary/aromatic N) is 7. The van der Waals surface area contributed by atoms with E-state index in [1.807, 2.05) is 31.2 Å². The second kappa shape index (κ2) is 12.5. The lowest BCUT2D eigenvalue weighted by molar-refractivity contribution is 0.146. The van der Waals surface area contributed by atoms with E-state index in [4.69, 9.17) is 4.74 Å². The van der Waals surface area contributed by atoms with Crippen molar-refractivity contribution in [2.45, 2.75) is 19.8 Å². The number of allylic oxidation sites excluding steroid dienone is 1. The molecule has 1 aliphatic rings. The van der Waals surface area contributed by atoms with Crippen molar-refractivity contribution in [2.24, 2.45) is 0 Å². The number of ether oxygens (including phenoxy) is 1. The summed E-state index contributed by atoms with van der Waals surface area (Å²) in [6, 6.07) is 7.98. The van der Waals surface area contributed by atoms with E-state index < -0.39 is 5.92 Å². The lowest BCUT2D eigenvalue weighted by Crippen LogP contribution is -2.46. The number of nitriles is 1. The molecule has 1 saturated heterocycles. The van der Waals surface area contributed by atoms with Crippen LogP contribution in [0.1, 0.15) is 30.5 Å². The van der Waals surface area contributed by atoms with Crippen LogP contribution in [0.2, 0.25) is 0 Å². The smallest absolute Gasteiger partial charge is 0.316 e. The van der Waals surface area contributed by atoms with Crippen molar-refractivity contribution in [3.63, 3.8) is 0 Å². The van der Waals surface area contributed by atoms with Crippen molar-refractivity contribution in [3.05, 3.63) is 77.2 Å². The molecule has 0 saturated carbocycles. The summed E-state index contributed by atoms with van der Waals surface area (Å²) < 4.78 is 5.87. The number of piperazine rings is 1. The lowest BCUT2D eigenvalue weighted by atomic mass is 10.1. The summed E-state index contributed by atoms with van der Waals surface area (Å²) in [6.07, 6.45) is 9.41. The third-order valence-corrected chi connectivity index (χ3v) is 7.16. The van der Waals surface area contributed by atoms with Gasteiger partial charge in [-0.1, -0.05) is 43.1 Å². The van der Waals surface area contributed by atoms with Gasteiger partial charge in [0.15, 0.2) is 0 Å². The van der Waals surface area contributed by atoms with Gasteiger partial charge in [0.05, 0.1) is 11.8 Å². The summed E-state index contributed by atoms with van der Waals surface area (Å²) in [5.74, 6) is -0.613. The largest absolute Gasteiger partial charge is 0.459 e. The predicted molar refractivity (Wildman–Crippen MR) is 143 cm³/mol. The number of fused-ring (bicyclic) bond motifs is 1. The second-order valence-corrected chi connectivity index (χ2v) is 9.57. The third kappa shape index (κ3) is 6.61. The number of hydrogen-bond acceptors (Lipinski definition) is 9. The Bertz CT molecular complexity index is 1250.